The molecule has 0 bridgehead atoms. The van der Waals surface area contributed by atoms with E-state index in [1.54, 1.807) is 12.1 Å². The zero-order valence-corrected chi connectivity index (χ0v) is 15.5. The van der Waals surface area contributed by atoms with Gasteiger partial charge < -0.3 is 4.74 Å². The first-order valence-electron chi connectivity index (χ1n) is 8.70. The topological polar surface area (TPSA) is 102 Å². The molecule has 140 valence electrons. The van der Waals surface area contributed by atoms with Gasteiger partial charge in [-0.15, -0.1) is 0 Å². The summed E-state index contributed by atoms with van der Waals surface area (Å²) in [7, 11) is 0. The minimum Gasteiger partial charge on any atom is -0.457 e. The van der Waals surface area contributed by atoms with Gasteiger partial charge in [-0.25, -0.2) is 0 Å². The van der Waals surface area contributed by atoms with Crippen molar-refractivity contribution in [3.05, 3.63) is 58.7 Å². The van der Waals surface area contributed by atoms with Gasteiger partial charge in [0, 0.05) is 0 Å². The Morgan fingerprint density at radius 3 is 1.26 bits per heavy atom. The number of fused-ring (bicyclic) bond motifs is 2. The number of imide groups is 2. The lowest BCUT2D eigenvalue weighted by Gasteiger charge is -2.07. The van der Waals surface area contributed by atoms with Gasteiger partial charge in [-0.2, -0.15) is 0 Å². The van der Waals surface area contributed by atoms with Crippen LogP contribution in [0.1, 0.15) is 69.1 Å². The van der Waals surface area contributed by atoms with Crippen LogP contribution in [0.3, 0.4) is 0 Å². The van der Waals surface area contributed by atoms with Gasteiger partial charge in [0.25, 0.3) is 23.6 Å². The van der Waals surface area contributed by atoms with Crippen molar-refractivity contribution in [3.63, 3.8) is 0 Å². The van der Waals surface area contributed by atoms with Crippen LogP contribution in [-0.2, 0) is 0 Å². The number of rotatable bonds is 2. The molecule has 0 fully saturated rings. The third kappa shape index (κ3) is 3.72. The quantitative estimate of drug-likeness (QED) is 0.792. The fourth-order valence-electron chi connectivity index (χ4n) is 2.56. The summed E-state index contributed by atoms with van der Waals surface area (Å²) in [6, 6.07) is 9.00. The number of amides is 4. The molecule has 2 heterocycles. The summed E-state index contributed by atoms with van der Waals surface area (Å²) in [5.41, 5.74) is 1.06. The van der Waals surface area contributed by atoms with Crippen LogP contribution in [0.4, 0.5) is 0 Å². The maximum absolute atomic E-state index is 11.6. The second kappa shape index (κ2) is 8.27. The normalized spacial score (nSPS) is 13.3. The fraction of sp³-hybridized carbons (Fsp3) is 0.200. The molecule has 2 aliphatic heterocycles. The number of carbonyl (C=O) groups excluding carboxylic acids is 4. The summed E-state index contributed by atoms with van der Waals surface area (Å²) in [6.07, 6.45) is 0. The summed E-state index contributed by atoms with van der Waals surface area (Å²) in [5.74, 6) is -1.14. The molecule has 4 rings (SSSR count). The van der Waals surface area contributed by atoms with Gasteiger partial charge >= 0.3 is 0 Å². The van der Waals surface area contributed by atoms with Crippen LogP contribution in [0.5, 0.6) is 11.5 Å². The van der Waals surface area contributed by atoms with E-state index in [4.69, 9.17) is 4.74 Å². The Balaban J connectivity index is 0.000000614. The first-order chi connectivity index (χ1) is 13.0. The zero-order valence-electron chi connectivity index (χ0n) is 15.5. The summed E-state index contributed by atoms with van der Waals surface area (Å²) in [5, 5.41) is 4.39. The molecule has 0 spiro atoms. The molecular weight excluding hydrogens is 348 g/mol. The number of carbonyl (C=O) groups is 4. The molecule has 7 heteroatoms. The van der Waals surface area contributed by atoms with Gasteiger partial charge in [-0.1, -0.05) is 27.7 Å². The molecule has 2 aromatic carbocycles. The van der Waals surface area contributed by atoms with Crippen LogP contribution in [0.25, 0.3) is 0 Å². The smallest absolute Gasteiger partial charge is 0.259 e. The Hall–Kier alpha value is -3.48. The molecule has 2 aromatic rings. The van der Waals surface area contributed by atoms with Crippen molar-refractivity contribution >= 4 is 23.6 Å². The lowest BCUT2D eigenvalue weighted by atomic mass is 10.1. The summed E-state index contributed by atoms with van der Waals surface area (Å²) in [6.45, 7) is 8.00. The van der Waals surface area contributed by atoms with Crippen LogP contribution < -0.4 is 15.4 Å². The van der Waals surface area contributed by atoms with Gasteiger partial charge in [-0.05, 0) is 36.4 Å². The molecule has 0 unspecified atom stereocenters. The molecule has 0 atom stereocenters. The highest BCUT2D eigenvalue weighted by Gasteiger charge is 2.28. The number of hydrogen-bond acceptors (Lipinski definition) is 5. The molecule has 27 heavy (non-hydrogen) atoms. The van der Waals surface area contributed by atoms with Crippen LogP contribution in [0.2, 0.25) is 0 Å². The summed E-state index contributed by atoms with van der Waals surface area (Å²) in [4.78, 5) is 46.3. The van der Waals surface area contributed by atoms with Crippen molar-refractivity contribution in [2.45, 2.75) is 27.7 Å². The van der Waals surface area contributed by atoms with Crippen molar-refractivity contribution in [2.24, 2.45) is 0 Å². The highest BCUT2D eigenvalue weighted by atomic mass is 16.5. The van der Waals surface area contributed by atoms with E-state index in [1.807, 2.05) is 27.7 Å². The third-order valence-electron chi connectivity index (χ3n) is 3.65. The zero-order chi connectivity index (χ0) is 20.1. The summed E-state index contributed by atoms with van der Waals surface area (Å²) >= 11 is 0. The highest BCUT2D eigenvalue weighted by Crippen LogP contribution is 2.28. The van der Waals surface area contributed by atoms with Gasteiger partial charge in [-0.3, -0.25) is 29.8 Å². The predicted octanol–water partition coefficient (Wildman–Crippen LogP) is 3.30. The van der Waals surface area contributed by atoms with Crippen LogP contribution in [-0.4, -0.2) is 23.6 Å². The van der Waals surface area contributed by atoms with Crippen molar-refractivity contribution in [3.8, 4) is 11.5 Å². The third-order valence-corrected chi connectivity index (χ3v) is 3.65. The van der Waals surface area contributed by atoms with Gasteiger partial charge in [0.1, 0.15) is 11.5 Å². The van der Waals surface area contributed by atoms with E-state index in [9.17, 15) is 19.2 Å². The molecule has 0 radical (unpaired) electrons. The second-order valence-electron chi connectivity index (χ2n) is 5.08. The van der Waals surface area contributed by atoms with Crippen molar-refractivity contribution in [2.75, 3.05) is 0 Å². The minimum absolute atomic E-state index is 0.238. The number of hydrogen-bond donors (Lipinski definition) is 2. The predicted molar refractivity (Wildman–Crippen MR) is 99.2 cm³/mol. The molecule has 0 saturated carbocycles. The Bertz CT molecular complexity index is 858. The standard InChI is InChI=1S/C16H8N2O5.2C2H6/c19-13-9-3-1-7(5-11(9)15(21)17-13)23-8-2-4-10-12(6-8)16(22)18-14(10)20;2*1-2/h1-6H,(H,17,19,21)(H,18,20,22);2*1-2H3. The highest BCUT2D eigenvalue weighted by molar-refractivity contribution is 6.22. The molecule has 2 N–H and O–H groups in total. The Labute approximate surface area is 156 Å². The number of nitrogens with one attached hydrogen (secondary N) is 2. The molecular formula is C20H20N2O5. The van der Waals surface area contributed by atoms with Crippen LogP contribution in [0, 0.1) is 0 Å². The van der Waals surface area contributed by atoms with E-state index in [0.29, 0.717) is 22.6 Å². The largest absolute Gasteiger partial charge is 0.457 e. The first-order valence-corrected chi connectivity index (χ1v) is 8.70. The Kier molecular flexibility index (Phi) is 6.07. The molecule has 0 saturated heterocycles. The molecule has 0 aliphatic carbocycles. The van der Waals surface area contributed by atoms with Crippen molar-refractivity contribution in [1.82, 2.24) is 10.6 Å². The SMILES string of the molecule is CC.CC.O=C1NC(=O)c2cc(Oc3ccc4c(c3)C(=O)NC4=O)ccc21. The number of benzene rings is 2. The van der Waals surface area contributed by atoms with Crippen molar-refractivity contribution in [1.29, 1.82) is 0 Å². The van der Waals surface area contributed by atoms with E-state index in [1.165, 1.54) is 24.3 Å². The maximum atomic E-state index is 11.6. The van der Waals surface area contributed by atoms with E-state index in [-0.39, 0.29) is 11.1 Å². The average molecular weight is 368 g/mol. The lowest BCUT2D eigenvalue weighted by molar-refractivity contribution is 0.0863. The molecule has 7 nitrogen and oxygen atoms in total. The first kappa shape index (κ1) is 19.8. The molecule has 0 aromatic heterocycles. The second-order valence-corrected chi connectivity index (χ2v) is 5.08. The Morgan fingerprint density at radius 2 is 0.889 bits per heavy atom. The van der Waals surface area contributed by atoms with Crippen LogP contribution in [0.15, 0.2) is 36.4 Å². The van der Waals surface area contributed by atoms with E-state index in [2.05, 4.69) is 10.6 Å². The number of ether oxygens (including phenoxy) is 1. The lowest BCUT2D eigenvalue weighted by Crippen LogP contribution is -2.19. The Morgan fingerprint density at radius 1 is 0.556 bits per heavy atom. The van der Waals surface area contributed by atoms with Crippen molar-refractivity contribution < 1.29 is 23.9 Å². The van der Waals surface area contributed by atoms with E-state index in [0.717, 1.165) is 0 Å². The minimum atomic E-state index is -0.477. The molecule has 2 aliphatic rings. The van der Waals surface area contributed by atoms with E-state index >= 15 is 0 Å². The molecule has 4 amide bonds. The summed E-state index contributed by atoms with van der Waals surface area (Å²) < 4.78 is 5.61. The van der Waals surface area contributed by atoms with Gasteiger partial charge in [0.2, 0.25) is 0 Å². The maximum Gasteiger partial charge on any atom is 0.259 e. The monoisotopic (exact) mass is 368 g/mol. The van der Waals surface area contributed by atoms with Gasteiger partial charge in [0.15, 0.2) is 0 Å². The average Bonchev–Trinajstić information content (AvgIpc) is 3.13. The fourth-order valence-corrected chi connectivity index (χ4v) is 2.56. The van der Waals surface area contributed by atoms with Crippen LogP contribution >= 0.6 is 0 Å². The van der Waals surface area contributed by atoms with E-state index < -0.39 is 23.6 Å². The van der Waals surface area contributed by atoms with Gasteiger partial charge in [0.05, 0.1) is 22.3 Å².